The van der Waals surface area contributed by atoms with Crippen LogP contribution in [-0.4, -0.2) is 13.4 Å². The van der Waals surface area contributed by atoms with Crippen LogP contribution in [0.3, 0.4) is 0 Å². The molecule has 1 N–H and O–H groups in total. The maximum absolute atomic E-state index is 13.0. The summed E-state index contributed by atoms with van der Waals surface area (Å²) in [5.74, 6) is 0.0596. The smallest absolute Gasteiger partial charge is 0.261 e. The van der Waals surface area contributed by atoms with E-state index in [0.717, 1.165) is 12.1 Å². The van der Waals surface area contributed by atoms with Gasteiger partial charge in [0, 0.05) is 6.20 Å². The average molecular weight is 383 g/mol. The number of rotatable bonds is 5. The van der Waals surface area contributed by atoms with E-state index in [0.29, 0.717) is 17.0 Å². The number of pyridine rings is 1. The molecule has 0 atom stereocenters. The number of aromatic nitrogens is 1. The molecule has 3 aromatic rings. The lowest BCUT2D eigenvalue weighted by Gasteiger charge is -2.12. The van der Waals surface area contributed by atoms with Crippen LogP contribution < -0.4 is 9.46 Å². The Bertz CT molecular complexity index is 1120. The summed E-state index contributed by atoms with van der Waals surface area (Å²) < 4.78 is 45.9. The van der Waals surface area contributed by atoms with Gasteiger partial charge in [0.25, 0.3) is 10.0 Å². The van der Waals surface area contributed by atoms with Gasteiger partial charge in [-0.1, -0.05) is 0 Å². The fourth-order valence-corrected chi connectivity index (χ4v) is 3.43. The van der Waals surface area contributed by atoms with Gasteiger partial charge in [-0.15, -0.1) is 0 Å². The maximum Gasteiger partial charge on any atom is 0.261 e. The fourth-order valence-electron chi connectivity index (χ4n) is 2.30. The number of aryl methyl sites for hydroxylation is 1. The summed E-state index contributed by atoms with van der Waals surface area (Å²) >= 11 is 0. The standard InChI is InChI=1S/C19H14FN3O3S/c1-13-11-16(26-19-14(12-21)3-2-10-22-19)6-9-18(13)23-27(24,25)17-7-4-15(20)5-8-17/h2-11,23H,1H3. The van der Waals surface area contributed by atoms with Crippen molar-refractivity contribution in [2.75, 3.05) is 4.72 Å². The lowest BCUT2D eigenvalue weighted by Crippen LogP contribution is -2.13. The maximum atomic E-state index is 13.0. The van der Waals surface area contributed by atoms with E-state index in [9.17, 15) is 12.8 Å². The third-order valence-electron chi connectivity index (χ3n) is 3.67. The summed E-state index contributed by atoms with van der Waals surface area (Å²) in [4.78, 5) is 3.97. The van der Waals surface area contributed by atoms with E-state index in [-0.39, 0.29) is 16.3 Å². The number of hydrogen-bond donors (Lipinski definition) is 1. The number of halogens is 1. The van der Waals surface area contributed by atoms with Crippen LogP contribution in [0.1, 0.15) is 11.1 Å². The predicted molar refractivity (Wildman–Crippen MR) is 97.4 cm³/mol. The molecule has 0 aliphatic rings. The van der Waals surface area contributed by atoms with Gasteiger partial charge in [0.15, 0.2) is 0 Å². The third-order valence-corrected chi connectivity index (χ3v) is 5.05. The van der Waals surface area contributed by atoms with Gasteiger partial charge in [-0.05, 0) is 67.1 Å². The topological polar surface area (TPSA) is 92.1 Å². The van der Waals surface area contributed by atoms with Crippen molar-refractivity contribution in [1.82, 2.24) is 4.98 Å². The Morgan fingerprint density at radius 2 is 1.89 bits per heavy atom. The Labute approximate surface area is 155 Å². The minimum atomic E-state index is -3.85. The molecule has 6 nitrogen and oxygen atoms in total. The van der Waals surface area contributed by atoms with Crippen LogP contribution in [-0.2, 0) is 10.0 Å². The number of nitriles is 1. The van der Waals surface area contributed by atoms with Crippen LogP contribution in [0, 0.1) is 24.1 Å². The number of benzene rings is 2. The summed E-state index contributed by atoms with van der Waals surface area (Å²) in [7, 11) is -3.85. The number of ether oxygens (including phenoxy) is 1. The Kier molecular flexibility index (Phi) is 5.05. The number of nitrogens with zero attached hydrogens (tertiary/aromatic N) is 2. The number of nitrogens with one attached hydrogen (secondary N) is 1. The zero-order chi connectivity index (χ0) is 19.4. The Balaban J connectivity index is 1.83. The van der Waals surface area contributed by atoms with Gasteiger partial charge in [0.05, 0.1) is 10.6 Å². The molecule has 3 rings (SSSR count). The van der Waals surface area contributed by atoms with E-state index in [4.69, 9.17) is 10.00 Å². The molecule has 27 heavy (non-hydrogen) atoms. The van der Waals surface area contributed by atoms with Crippen LogP contribution in [0.5, 0.6) is 11.6 Å². The van der Waals surface area contributed by atoms with E-state index < -0.39 is 15.8 Å². The zero-order valence-corrected chi connectivity index (χ0v) is 15.0. The summed E-state index contributed by atoms with van der Waals surface area (Å²) in [6.45, 7) is 1.71. The fraction of sp³-hybridized carbons (Fsp3) is 0.0526. The van der Waals surface area contributed by atoms with Crippen molar-refractivity contribution < 1.29 is 17.5 Å². The van der Waals surface area contributed by atoms with Gasteiger partial charge in [-0.2, -0.15) is 5.26 Å². The van der Waals surface area contributed by atoms with Crippen molar-refractivity contribution >= 4 is 15.7 Å². The summed E-state index contributed by atoms with van der Waals surface area (Å²) in [6.07, 6.45) is 1.51. The minimum absolute atomic E-state index is 0.0456. The van der Waals surface area contributed by atoms with Gasteiger partial charge in [0.1, 0.15) is 23.2 Å². The molecule has 0 radical (unpaired) electrons. The first-order valence-corrected chi connectivity index (χ1v) is 9.29. The Morgan fingerprint density at radius 1 is 1.15 bits per heavy atom. The number of sulfonamides is 1. The van der Waals surface area contributed by atoms with Crippen molar-refractivity contribution in [3.8, 4) is 17.7 Å². The highest BCUT2D eigenvalue weighted by Crippen LogP contribution is 2.28. The van der Waals surface area contributed by atoms with Gasteiger partial charge in [-0.25, -0.2) is 17.8 Å². The first-order valence-electron chi connectivity index (χ1n) is 7.81. The quantitative estimate of drug-likeness (QED) is 0.719. The summed E-state index contributed by atoms with van der Waals surface area (Å²) in [5, 5.41) is 9.08. The molecule has 0 aliphatic carbocycles. The van der Waals surface area contributed by atoms with Gasteiger partial charge in [0.2, 0.25) is 5.88 Å². The second-order valence-corrected chi connectivity index (χ2v) is 7.29. The minimum Gasteiger partial charge on any atom is -0.438 e. The highest BCUT2D eigenvalue weighted by atomic mass is 32.2. The van der Waals surface area contributed by atoms with Crippen LogP contribution in [0.25, 0.3) is 0 Å². The molecule has 0 fully saturated rings. The Morgan fingerprint density at radius 3 is 2.56 bits per heavy atom. The van der Waals surface area contributed by atoms with Crippen LogP contribution >= 0.6 is 0 Å². The SMILES string of the molecule is Cc1cc(Oc2ncccc2C#N)ccc1NS(=O)(=O)c1ccc(F)cc1. The van der Waals surface area contributed by atoms with Crippen molar-refractivity contribution in [3.05, 3.63) is 77.7 Å². The zero-order valence-electron chi connectivity index (χ0n) is 14.2. The highest BCUT2D eigenvalue weighted by molar-refractivity contribution is 7.92. The number of hydrogen-bond acceptors (Lipinski definition) is 5. The second kappa shape index (κ2) is 7.43. The molecule has 136 valence electrons. The highest BCUT2D eigenvalue weighted by Gasteiger charge is 2.16. The van der Waals surface area contributed by atoms with Crippen LogP contribution in [0.4, 0.5) is 10.1 Å². The lowest BCUT2D eigenvalue weighted by atomic mass is 10.2. The Hall–Kier alpha value is -3.44. The van der Waals surface area contributed by atoms with Crippen LogP contribution in [0.15, 0.2) is 65.7 Å². The first kappa shape index (κ1) is 18.4. The van der Waals surface area contributed by atoms with Crippen molar-refractivity contribution in [3.63, 3.8) is 0 Å². The van der Waals surface area contributed by atoms with Gasteiger partial charge in [-0.3, -0.25) is 4.72 Å². The van der Waals surface area contributed by atoms with Gasteiger partial charge >= 0.3 is 0 Å². The molecule has 0 spiro atoms. The van der Waals surface area contributed by atoms with E-state index in [1.165, 1.54) is 18.3 Å². The number of anilines is 1. The largest absolute Gasteiger partial charge is 0.438 e. The molecule has 0 bridgehead atoms. The van der Waals surface area contributed by atoms with Crippen molar-refractivity contribution in [2.45, 2.75) is 11.8 Å². The van der Waals surface area contributed by atoms with Gasteiger partial charge < -0.3 is 4.74 Å². The van der Waals surface area contributed by atoms with Crippen LogP contribution in [0.2, 0.25) is 0 Å². The molecular weight excluding hydrogens is 369 g/mol. The van der Waals surface area contributed by atoms with E-state index in [1.807, 2.05) is 6.07 Å². The van der Waals surface area contributed by atoms with E-state index in [1.54, 1.807) is 37.3 Å². The molecule has 0 unspecified atom stereocenters. The molecule has 0 saturated carbocycles. The molecule has 1 aromatic heterocycles. The molecule has 2 aromatic carbocycles. The van der Waals surface area contributed by atoms with E-state index in [2.05, 4.69) is 9.71 Å². The molecule has 0 saturated heterocycles. The molecule has 0 amide bonds. The third kappa shape index (κ3) is 4.22. The van der Waals surface area contributed by atoms with Crippen molar-refractivity contribution in [1.29, 1.82) is 5.26 Å². The predicted octanol–water partition coefficient (Wildman–Crippen LogP) is 3.99. The lowest BCUT2D eigenvalue weighted by molar-refractivity contribution is 0.461. The molecule has 0 aliphatic heterocycles. The molecule has 8 heteroatoms. The average Bonchev–Trinajstić information content (AvgIpc) is 2.65. The molecule has 1 heterocycles. The first-order chi connectivity index (χ1) is 12.9. The molecular formula is C19H14FN3O3S. The van der Waals surface area contributed by atoms with E-state index >= 15 is 0 Å². The second-order valence-electron chi connectivity index (χ2n) is 5.61. The monoisotopic (exact) mass is 383 g/mol. The van der Waals surface area contributed by atoms with Crippen molar-refractivity contribution in [2.24, 2.45) is 0 Å². The summed E-state index contributed by atoms with van der Waals surface area (Å²) in [5.41, 5.74) is 1.25. The normalized spacial score (nSPS) is 10.9. The summed E-state index contributed by atoms with van der Waals surface area (Å²) in [6, 6.07) is 14.5.